The number of carbonyl (C=O) groups excluding carboxylic acids is 3. The Labute approximate surface area is 210 Å². The van der Waals surface area contributed by atoms with Gasteiger partial charge < -0.3 is 29.9 Å². The Bertz CT molecular complexity index is 1450. The second-order valence-corrected chi connectivity index (χ2v) is 9.09. The molecule has 0 aromatic heterocycles. The van der Waals surface area contributed by atoms with Crippen LogP contribution in [0.4, 0.5) is 10.5 Å². The minimum Gasteiger partial charge on any atom is -0.507 e. The number of phenols is 2. The van der Waals surface area contributed by atoms with Crippen molar-refractivity contribution in [1.29, 1.82) is 0 Å². The fraction of sp³-hybridized carbons (Fsp3) is 0.222. The summed E-state index contributed by atoms with van der Waals surface area (Å²) in [5, 5.41) is 46.4. The molecule has 5 rings (SSSR count). The molecule has 2 aliphatic rings. The summed E-state index contributed by atoms with van der Waals surface area (Å²) in [6, 6.07) is 12.5. The molecule has 0 spiro atoms. The van der Waals surface area contributed by atoms with Gasteiger partial charge in [-0.3, -0.25) is 14.9 Å². The van der Waals surface area contributed by atoms with Crippen LogP contribution in [0.5, 0.6) is 17.2 Å². The molecule has 0 saturated heterocycles. The van der Waals surface area contributed by atoms with Crippen LogP contribution in [-0.2, 0) is 11.2 Å². The number of aromatic hydroxyl groups is 2. The second kappa shape index (κ2) is 8.91. The van der Waals surface area contributed by atoms with Crippen molar-refractivity contribution in [3.05, 3.63) is 81.9 Å². The number of aliphatic hydroxyl groups is 2. The summed E-state index contributed by atoms with van der Waals surface area (Å²) < 4.78 is 10.2. The summed E-state index contributed by atoms with van der Waals surface area (Å²) in [7, 11) is 1.51. The van der Waals surface area contributed by atoms with Gasteiger partial charge in [0.05, 0.1) is 24.3 Å². The molecule has 5 N–H and O–H groups in total. The lowest BCUT2D eigenvalue weighted by Gasteiger charge is -2.37. The molecule has 0 fully saturated rings. The fourth-order valence-electron chi connectivity index (χ4n) is 4.92. The van der Waals surface area contributed by atoms with E-state index in [9.17, 15) is 34.8 Å². The molecule has 0 bridgehead atoms. The van der Waals surface area contributed by atoms with Gasteiger partial charge in [0.2, 0.25) is 0 Å². The van der Waals surface area contributed by atoms with E-state index in [0.717, 1.165) is 0 Å². The number of ketones is 2. The van der Waals surface area contributed by atoms with Crippen LogP contribution < -0.4 is 10.1 Å². The maximum absolute atomic E-state index is 13.2. The van der Waals surface area contributed by atoms with Crippen LogP contribution >= 0.6 is 0 Å². The number of fused-ring (bicyclic) bond motifs is 3. The van der Waals surface area contributed by atoms with Crippen molar-refractivity contribution in [2.75, 3.05) is 19.0 Å². The van der Waals surface area contributed by atoms with E-state index in [-0.39, 0.29) is 40.7 Å². The first-order valence-corrected chi connectivity index (χ1v) is 11.4. The Morgan fingerprint density at radius 1 is 1.00 bits per heavy atom. The minimum atomic E-state index is -1.83. The van der Waals surface area contributed by atoms with Crippen molar-refractivity contribution in [2.45, 2.75) is 24.5 Å². The summed E-state index contributed by atoms with van der Waals surface area (Å²) in [5.41, 5.74) is -2.30. The van der Waals surface area contributed by atoms with Crippen molar-refractivity contribution in [3.63, 3.8) is 0 Å². The van der Waals surface area contributed by atoms with Crippen LogP contribution in [0.1, 0.15) is 55.5 Å². The summed E-state index contributed by atoms with van der Waals surface area (Å²) in [4.78, 5) is 38.5. The lowest BCUT2D eigenvalue weighted by Crippen LogP contribution is -2.43. The van der Waals surface area contributed by atoms with Crippen LogP contribution in [0.25, 0.3) is 0 Å². The zero-order chi connectivity index (χ0) is 26.5. The number of hydrogen-bond donors (Lipinski definition) is 5. The Balaban J connectivity index is 1.42. The normalized spacial score (nSPS) is 19.9. The lowest BCUT2D eigenvalue weighted by atomic mass is 9.73. The smallest absolute Gasteiger partial charge is 0.411 e. The maximum Gasteiger partial charge on any atom is 0.411 e. The maximum atomic E-state index is 13.2. The van der Waals surface area contributed by atoms with E-state index in [1.807, 2.05) is 0 Å². The Morgan fingerprint density at radius 2 is 1.59 bits per heavy atom. The van der Waals surface area contributed by atoms with Gasteiger partial charge in [-0.05, 0) is 24.3 Å². The number of carbonyl (C=O) groups is 3. The number of rotatable bonds is 4. The van der Waals surface area contributed by atoms with Gasteiger partial charge in [-0.15, -0.1) is 0 Å². The van der Waals surface area contributed by atoms with Crippen molar-refractivity contribution >= 4 is 23.3 Å². The van der Waals surface area contributed by atoms with E-state index >= 15 is 0 Å². The van der Waals surface area contributed by atoms with E-state index < -0.39 is 53.0 Å². The lowest BCUT2D eigenvalue weighted by molar-refractivity contribution is -0.0613. The number of aliphatic hydroxyl groups excluding tert-OH is 1. The molecule has 10 heteroatoms. The molecule has 0 saturated carbocycles. The summed E-state index contributed by atoms with van der Waals surface area (Å²) in [6.45, 7) is -0.557. The van der Waals surface area contributed by atoms with Gasteiger partial charge in [0.1, 0.15) is 29.5 Å². The van der Waals surface area contributed by atoms with E-state index in [1.165, 1.54) is 19.2 Å². The Morgan fingerprint density at radius 3 is 2.19 bits per heavy atom. The van der Waals surface area contributed by atoms with Crippen LogP contribution in [0, 0.1) is 0 Å². The molecule has 1 amide bonds. The highest BCUT2D eigenvalue weighted by molar-refractivity contribution is 6.30. The molecular formula is C27H23NO9. The zero-order valence-corrected chi connectivity index (χ0v) is 19.6. The average molecular weight is 505 g/mol. The predicted octanol–water partition coefficient (Wildman–Crippen LogP) is 2.84. The van der Waals surface area contributed by atoms with E-state index in [1.54, 1.807) is 36.4 Å². The van der Waals surface area contributed by atoms with E-state index in [4.69, 9.17) is 9.47 Å². The van der Waals surface area contributed by atoms with Gasteiger partial charge in [0.15, 0.2) is 11.6 Å². The quantitative estimate of drug-likeness (QED) is 0.263. The molecule has 0 radical (unpaired) electrons. The van der Waals surface area contributed by atoms with Crippen LogP contribution in [-0.4, -0.2) is 57.4 Å². The molecule has 3 aromatic rings. The Hall–Kier alpha value is -4.41. The highest BCUT2D eigenvalue weighted by Crippen LogP contribution is 2.50. The third-order valence-electron chi connectivity index (χ3n) is 6.68. The number of amides is 1. The fourth-order valence-corrected chi connectivity index (χ4v) is 4.92. The first-order valence-electron chi connectivity index (χ1n) is 11.4. The zero-order valence-electron chi connectivity index (χ0n) is 19.6. The largest absolute Gasteiger partial charge is 0.507 e. The third-order valence-corrected chi connectivity index (χ3v) is 6.68. The Kier molecular flexibility index (Phi) is 5.85. The van der Waals surface area contributed by atoms with Gasteiger partial charge >= 0.3 is 6.09 Å². The number of hydrogen-bond acceptors (Lipinski definition) is 9. The predicted molar refractivity (Wildman–Crippen MR) is 129 cm³/mol. The minimum absolute atomic E-state index is 0.0693. The molecule has 2 aliphatic carbocycles. The van der Waals surface area contributed by atoms with Crippen LogP contribution in [0.3, 0.4) is 0 Å². The number of anilines is 1. The summed E-state index contributed by atoms with van der Waals surface area (Å²) >= 11 is 0. The molecule has 0 heterocycles. The van der Waals surface area contributed by atoms with Gasteiger partial charge in [0, 0.05) is 40.8 Å². The van der Waals surface area contributed by atoms with Gasteiger partial charge in [0.25, 0.3) is 0 Å². The first-order chi connectivity index (χ1) is 17.6. The molecule has 0 unspecified atom stereocenters. The summed E-state index contributed by atoms with van der Waals surface area (Å²) in [6.07, 6.45) is -3.10. The standard InChI is InChI=1S/C27H23NO9/c1-36-14-8-6-13(7-9-14)28-26(34)37-12-27(35)10-17-19(18(29)11-27)25(33)21-20(24(17)32)22(30)15-4-2-3-5-16(15)23(21)31/h2-9,18,29,32-33,35H,10-12H2,1H3,(H,28,34)/t18-,27-/m0/s1. The van der Waals surface area contributed by atoms with Crippen molar-refractivity contribution < 1.29 is 44.3 Å². The SMILES string of the molecule is COc1ccc(NC(=O)OC[C@]2(O)Cc3c(O)c4c(c(O)c3[C@@H](O)C2)C(=O)c2ccccc2C4=O)cc1. The van der Waals surface area contributed by atoms with Gasteiger partial charge in [-0.1, -0.05) is 24.3 Å². The molecule has 2 atom stereocenters. The molecule has 10 nitrogen and oxygen atoms in total. The molecule has 0 aliphatic heterocycles. The van der Waals surface area contributed by atoms with Gasteiger partial charge in [-0.2, -0.15) is 0 Å². The topological polar surface area (TPSA) is 163 Å². The number of ether oxygens (including phenoxy) is 2. The second-order valence-electron chi connectivity index (χ2n) is 9.09. The van der Waals surface area contributed by atoms with Crippen molar-refractivity contribution in [3.8, 4) is 17.2 Å². The van der Waals surface area contributed by atoms with Gasteiger partial charge in [-0.25, -0.2) is 4.79 Å². The summed E-state index contributed by atoms with van der Waals surface area (Å²) in [5.74, 6) is -1.97. The van der Waals surface area contributed by atoms with Crippen molar-refractivity contribution in [1.82, 2.24) is 0 Å². The number of phenolic OH excluding ortho intramolecular Hbond substituents is 2. The van der Waals surface area contributed by atoms with Crippen LogP contribution in [0.15, 0.2) is 48.5 Å². The molecular weight excluding hydrogens is 482 g/mol. The molecule has 37 heavy (non-hydrogen) atoms. The number of nitrogens with one attached hydrogen (secondary N) is 1. The monoisotopic (exact) mass is 505 g/mol. The molecule has 190 valence electrons. The molecule has 3 aromatic carbocycles. The van der Waals surface area contributed by atoms with Crippen LogP contribution in [0.2, 0.25) is 0 Å². The number of benzene rings is 3. The van der Waals surface area contributed by atoms with E-state index in [2.05, 4.69) is 5.32 Å². The average Bonchev–Trinajstić information content (AvgIpc) is 2.88. The third kappa shape index (κ3) is 4.05. The number of methoxy groups -OCH3 is 1. The van der Waals surface area contributed by atoms with Crippen molar-refractivity contribution in [2.24, 2.45) is 0 Å². The highest BCUT2D eigenvalue weighted by Gasteiger charge is 2.45. The van der Waals surface area contributed by atoms with E-state index in [0.29, 0.717) is 11.4 Å². The highest BCUT2D eigenvalue weighted by atomic mass is 16.6. The first kappa shape index (κ1) is 24.3.